The van der Waals surface area contributed by atoms with Crippen LogP contribution >= 0.6 is 0 Å². The summed E-state index contributed by atoms with van der Waals surface area (Å²) in [5.74, 6) is 0.113. The molecule has 0 saturated carbocycles. The zero-order valence-electron chi connectivity index (χ0n) is 15.4. The Kier molecular flexibility index (Phi) is 5.14. The van der Waals surface area contributed by atoms with Gasteiger partial charge in [0.05, 0.1) is 16.8 Å². The number of nitrogens with one attached hydrogen (secondary N) is 1. The molecule has 0 aliphatic carbocycles. The summed E-state index contributed by atoms with van der Waals surface area (Å²) in [6, 6.07) is 9.79. The number of anilines is 4. The molecule has 1 aromatic carbocycles. The molecular weight excluding hydrogens is 377 g/mol. The lowest BCUT2D eigenvalue weighted by Crippen LogP contribution is -2.47. The Bertz CT molecular complexity index is 993. The normalized spacial score (nSPS) is 14.0. The predicted molar refractivity (Wildman–Crippen MR) is 107 cm³/mol. The Morgan fingerprint density at radius 2 is 1.76 bits per heavy atom. The Labute approximate surface area is 166 Å². The van der Waals surface area contributed by atoms with Gasteiger partial charge in [-0.1, -0.05) is 0 Å². The summed E-state index contributed by atoms with van der Waals surface area (Å²) >= 11 is 0. The van der Waals surface area contributed by atoms with E-state index in [0.717, 1.165) is 5.69 Å². The molecule has 29 heavy (non-hydrogen) atoms. The molecule has 1 N–H and O–H groups in total. The maximum atomic E-state index is 13.1. The van der Waals surface area contributed by atoms with E-state index in [1.165, 1.54) is 18.5 Å². The van der Waals surface area contributed by atoms with Crippen LogP contribution in [0.2, 0.25) is 0 Å². The number of nitro groups is 1. The smallest absolute Gasteiger partial charge is 0.353 e. The van der Waals surface area contributed by atoms with Crippen molar-refractivity contribution >= 4 is 28.7 Å². The fourth-order valence-corrected chi connectivity index (χ4v) is 3.26. The minimum Gasteiger partial charge on any atom is -0.368 e. The van der Waals surface area contributed by atoms with Crippen molar-refractivity contribution in [1.82, 2.24) is 15.0 Å². The lowest BCUT2D eigenvalue weighted by atomic mass is 10.2. The molecule has 0 bridgehead atoms. The van der Waals surface area contributed by atoms with Crippen LogP contribution in [0.5, 0.6) is 0 Å². The van der Waals surface area contributed by atoms with Gasteiger partial charge in [0.15, 0.2) is 0 Å². The van der Waals surface area contributed by atoms with Crippen LogP contribution in [0.15, 0.2) is 55.1 Å². The topological polar surface area (TPSA) is 100 Å². The summed E-state index contributed by atoms with van der Waals surface area (Å²) in [7, 11) is 0. The first-order chi connectivity index (χ1) is 14.1. The second kappa shape index (κ2) is 8.05. The van der Waals surface area contributed by atoms with Crippen LogP contribution in [-0.4, -0.2) is 46.1 Å². The summed E-state index contributed by atoms with van der Waals surface area (Å²) < 4.78 is 13.1. The molecule has 0 atom stereocenters. The predicted octanol–water partition coefficient (Wildman–Crippen LogP) is 2.99. The van der Waals surface area contributed by atoms with Crippen LogP contribution in [0.3, 0.4) is 0 Å². The minimum absolute atomic E-state index is 0.119. The Morgan fingerprint density at radius 3 is 2.41 bits per heavy atom. The van der Waals surface area contributed by atoms with E-state index in [4.69, 9.17) is 0 Å². The van der Waals surface area contributed by atoms with Crippen molar-refractivity contribution in [2.24, 2.45) is 0 Å². The average Bonchev–Trinajstić information content (AvgIpc) is 2.75. The van der Waals surface area contributed by atoms with Gasteiger partial charge in [0.2, 0.25) is 11.6 Å². The molecule has 3 heterocycles. The van der Waals surface area contributed by atoms with Gasteiger partial charge in [-0.15, -0.1) is 0 Å². The lowest BCUT2D eigenvalue weighted by molar-refractivity contribution is -0.383. The van der Waals surface area contributed by atoms with Gasteiger partial charge >= 0.3 is 5.69 Å². The van der Waals surface area contributed by atoms with Crippen LogP contribution in [0, 0.1) is 15.9 Å². The first-order valence-electron chi connectivity index (χ1n) is 9.04. The van der Waals surface area contributed by atoms with Crippen molar-refractivity contribution < 1.29 is 9.31 Å². The van der Waals surface area contributed by atoms with E-state index in [1.54, 1.807) is 36.7 Å². The highest BCUT2D eigenvalue weighted by Crippen LogP contribution is 2.34. The van der Waals surface area contributed by atoms with Gasteiger partial charge in [-0.2, -0.15) is 0 Å². The maximum Gasteiger partial charge on any atom is 0.353 e. The second-order valence-electron chi connectivity index (χ2n) is 6.47. The van der Waals surface area contributed by atoms with Gasteiger partial charge in [-0.3, -0.25) is 15.1 Å². The summed E-state index contributed by atoms with van der Waals surface area (Å²) in [6.45, 7) is 2.36. The molecule has 0 unspecified atom stereocenters. The fourth-order valence-electron chi connectivity index (χ4n) is 3.26. The van der Waals surface area contributed by atoms with Crippen molar-refractivity contribution in [1.29, 1.82) is 0 Å². The average molecular weight is 395 g/mol. The molecular formula is C19H18FN7O2. The molecule has 1 aliphatic heterocycles. The first-order valence-corrected chi connectivity index (χ1v) is 9.04. The molecule has 4 rings (SSSR count). The monoisotopic (exact) mass is 395 g/mol. The molecule has 0 spiro atoms. The lowest BCUT2D eigenvalue weighted by Gasteiger charge is -2.36. The van der Waals surface area contributed by atoms with E-state index in [9.17, 15) is 14.5 Å². The summed E-state index contributed by atoms with van der Waals surface area (Å²) in [5.41, 5.74) is 1.34. The zero-order valence-corrected chi connectivity index (χ0v) is 15.4. The van der Waals surface area contributed by atoms with Gasteiger partial charge in [0.1, 0.15) is 12.1 Å². The van der Waals surface area contributed by atoms with Crippen LogP contribution in [-0.2, 0) is 0 Å². The van der Waals surface area contributed by atoms with Crippen molar-refractivity contribution in [3.63, 3.8) is 0 Å². The number of hydrogen-bond acceptors (Lipinski definition) is 8. The highest BCUT2D eigenvalue weighted by Gasteiger charge is 2.29. The van der Waals surface area contributed by atoms with E-state index in [1.807, 2.05) is 4.90 Å². The standard InChI is InChI=1S/C19H18FN7O2/c20-14-3-5-16(6-4-14)25-8-10-26(11-9-25)19-17(27(28)29)18(22-13-23-19)24-15-2-1-7-21-12-15/h1-7,12-13H,8-11H2,(H,22,23,24). The third-order valence-electron chi connectivity index (χ3n) is 4.68. The van der Waals surface area contributed by atoms with Crippen molar-refractivity contribution in [3.8, 4) is 0 Å². The van der Waals surface area contributed by atoms with Crippen LogP contribution in [0.4, 0.5) is 33.1 Å². The minimum atomic E-state index is -0.472. The van der Waals surface area contributed by atoms with Crippen molar-refractivity contribution in [2.45, 2.75) is 0 Å². The molecule has 10 heteroatoms. The Hall–Kier alpha value is -3.82. The first kappa shape index (κ1) is 18.5. The van der Waals surface area contributed by atoms with E-state index < -0.39 is 4.92 Å². The van der Waals surface area contributed by atoms with Crippen molar-refractivity contribution in [2.75, 3.05) is 41.3 Å². The number of piperazine rings is 1. The van der Waals surface area contributed by atoms with Gasteiger partial charge in [0.25, 0.3) is 0 Å². The molecule has 148 valence electrons. The molecule has 1 aliphatic rings. The van der Waals surface area contributed by atoms with Crippen LogP contribution < -0.4 is 15.1 Å². The molecule has 2 aromatic heterocycles. The second-order valence-corrected chi connectivity index (χ2v) is 6.47. The van der Waals surface area contributed by atoms with Crippen LogP contribution in [0.1, 0.15) is 0 Å². The van der Waals surface area contributed by atoms with Gasteiger partial charge in [-0.25, -0.2) is 14.4 Å². The fraction of sp³-hybridized carbons (Fsp3) is 0.211. The SMILES string of the molecule is O=[N+]([O-])c1c(Nc2cccnc2)ncnc1N1CCN(c2ccc(F)cc2)CC1. The number of pyridine rings is 1. The van der Waals surface area contributed by atoms with E-state index >= 15 is 0 Å². The number of aromatic nitrogens is 3. The molecule has 1 saturated heterocycles. The van der Waals surface area contributed by atoms with E-state index in [0.29, 0.717) is 31.9 Å². The Morgan fingerprint density at radius 1 is 1.03 bits per heavy atom. The van der Waals surface area contributed by atoms with Gasteiger partial charge < -0.3 is 15.1 Å². The Balaban J connectivity index is 1.55. The number of rotatable bonds is 5. The zero-order chi connectivity index (χ0) is 20.2. The number of hydrogen-bond donors (Lipinski definition) is 1. The van der Waals surface area contributed by atoms with E-state index in [-0.39, 0.29) is 23.1 Å². The molecule has 3 aromatic rings. The molecule has 0 amide bonds. The highest BCUT2D eigenvalue weighted by molar-refractivity contribution is 5.74. The van der Waals surface area contributed by atoms with Crippen molar-refractivity contribution in [3.05, 3.63) is 71.1 Å². The summed E-state index contributed by atoms with van der Waals surface area (Å²) in [6.07, 6.45) is 4.49. The largest absolute Gasteiger partial charge is 0.368 e. The molecule has 1 fully saturated rings. The molecule has 9 nitrogen and oxygen atoms in total. The molecule has 0 radical (unpaired) electrons. The third-order valence-corrected chi connectivity index (χ3v) is 4.68. The third kappa shape index (κ3) is 4.05. The van der Waals surface area contributed by atoms with E-state index in [2.05, 4.69) is 25.2 Å². The van der Waals surface area contributed by atoms with Gasteiger partial charge in [0, 0.05) is 38.1 Å². The quantitative estimate of drug-likeness (QED) is 0.520. The summed E-state index contributed by atoms with van der Waals surface area (Å²) in [5, 5.41) is 14.7. The highest BCUT2D eigenvalue weighted by atomic mass is 19.1. The number of halogens is 1. The summed E-state index contributed by atoms with van der Waals surface area (Å²) in [4.78, 5) is 27.5. The van der Waals surface area contributed by atoms with Gasteiger partial charge in [-0.05, 0) is 36.4 Å². The number of nitrogens with zero attached hydrogens (tertiary/aromatic N) is 6. The maximum absolute atomic E-state index is 13.1. The van der Waals surface area contributed by atoms with Crippen LogP contribution in [0.25, 0.3) is 0 Å². The number of benzene rings is 1.